The Bertz CT molecular complexity index is 568. The topological polar surface area (TPSA) is 76.1 Å². The molecule has 1 fully saturated rings. The van der Waals surface area contributed by atoms with Gasteiger partial charge in [-0.3, -0.25) is 9.59 Å². The van der Waals surface area contributed by atoms with Gasteiger partial charge in [0.05, 0.1) is 7.11 Å². The number of aliphatic carboxylic acids is 1. The van der Waals surface area contributed by atoms with E-state index in [1.54, 1.807) is 7.11 Å². The SMILES string of the molecule is COc1ccccc1C(C)CC(=O)N(CC(=O)O)C1CCOCC1. The molecule has 1 amide bonds. The maximum absolute atomic E-state index is 12.7. The fourth-order valence-corrected chi connectivity index (χ4v) is 3.13. The minimum Gasteiger partial charge on any atom is -0.496 e. The zero-order valence-corrected chi connectivity index (χ0v) is 14.2. The van der Waals surface area contributed by atoms with Crippen molar-refractivity contribution in [2.24, 2.45) is 0 Å². The van der Waals surface area contributed by atoms with Crippen molar-refractivity contribution in [3.05, 3.63) is 29.8 Å². The summed E-state index contributed by atoms with van der Waals surface area (Å²) >= 11 is 0. The molecule has 1 heterocycles. The number of amides is 1. The minimum absolute atomic E-state index is 0.0511. The minimum atomic E-state index is -0.986. The zero-order chi connectivity index (χ0) is 17.5. The van der Waals surface area contributed by atoms with E-state index < -0.39 is 5.97 Å². The van der Waals surface area contributed by atoms with Crippen LogP contribution in [0, 0.1) is 0 Å². The second-order valence-electron chi connectivity index (χ2n) is 6.11. The molecule has 0 saturated carbocycles. The van der Waals surface area contributed by atoms with Crippen LogP contribution in [0.25, 0.3) is 0 Å². The van der Waals surface area contributed by atoms with Crippen molar-refractivity contribution in [2.45, 2.75) is 38.1 Å². The fourth-order valence-electron chi connectivity index (χ4n) is 3.13. The molecule has 1 atom stereocenters. The van der Waals surface area contributed by atoms with E-state index in [4.69, 9.17) is 14.6 Å². The van der Waals surface area contributed by atoms with Crippen molar-refractivity contribution in [1.29, 1.82) is 0 Å². The molecule has 0 bridgehead atoms. The van der Waals surface area contributed by atoms with Gasteiger partial charge in [0.2, 0.25) is 5.91 Å². The summed E-state index contributed by atoms with van der Waals surface area (Å²) in [5, 5.41) is 9.15. The third-order valence-electron chi connectivity index (χ3n) is 4.41. The molecule has 24 heavy (non-hydrogen) atoms. The van der Waals surface area contributed by atoms with Crippen LogP contribution in [0.3, 0.4) is 0 Å². The van der Waals surface area contributed by atoms with Crippen molar-refractivity contribution in [3.63, 3.8) is 0 Å². The molecule has 0 aromatic heterocycles. The van der Waals surface area contributed by atoms with Crippen LogP contribution in [0.4, 0.5) is 0 Å². The third kappa shape index (κ3) is 4.71. The quantitative estimate of drug-likeness (QED) is 0.827. The van der Waals surface area contributed by atoms with E-state index in [2.05, 4.69) is 0 Å². The Balaban J connectivity index is 2.09. The highest BCUT2D eigenvalue weighted by Crippen LogP contribution is 2.29. The molecular weight excluding hydrogens is 310 g/mol. The lowest BCUT2D eigenvalue weighted by Gasteiger charge is -2.34. The van der Waals surface area contributed by atoms with E-state index >= 15 is 0 Å². The molecule has 1 aromatic rings. The Morgan fingerprint density at radius 3 is 2.62 bits per heavy atom. The highest BCUT2D eigenvalue weighted by molar-refractivity contribution is 5.82. The van der Waals surface area contributed by atoms with Crippen molar-refractivity contribution in [3.8, 4) is 5.75 Å². The Labute approximate surface area is 142 Å². The molecule has 2 rings (SSSR count). The number of carbonyl (C=O) groups excluding carboxylic acids is 1. The summed E-state index contributed by atoms with van der Waals surface area (Å²) in [6, 6.07) is 7.53. The molecule has 1 aliphatic heterocycles. The number of carbonyl (C=O) groups is 2. The Kier molecular flexibility index (Phi) is 6.61. The lowest BCUT2D eigenvalue weighted by Crippen LogP contribution is -2.46. The summed E-state index contributed by atoms with van der Waals surface area (Å²) in [7, 11) is 1.60. The van der Waals surface area contributed by atoms with Gasteiger partial charge in [-0.1, -0.05) is 25.1 Å². The van der Waals surface area contributed by atoms with E-state index in [0.29, 0.717) is 26.1 Å². The predicted molar refractivity (Wildman–Crippen MR) is 89.2 cm³/mol. The third-order valence-corrected chi connectivity index (χ3v) is 4.41. The van der Waals surface area contributed by atoms with Crippen LogP contribution in [-0.2, 0) is 14.3 Å². The lowest BCUT2D eigenvalue weighted by atomic mass is 9.95. The molecule has 0 radical (unpaired) electrons. The summed E-state index contributed by atoms with van der Waals surface area (Å²) in [4.78, 5) is 25.4. The second kappa shape index (κ2) is 8.68. The average molecular weight is 335 g/mol. The number of ether oxygens (including phenoxy) is 2. The summed E-state index contributed by atoms with van der Waals surface area (Å²) < 4.78 is 10.7. The van der Waals surface area contributed by atoms with Gasteiger partial charge < -0.3 is 19.5 Å². The van der Waals surface area contributed by atoms with Crippen LogP contribution >= 0.6 is 0 Å². The molecule has 0 aliphatic carbocycles. The number of para-hydroxylation sites is 1. The monoisotopic (exact) mass is 335 g/mol. The largest absolute Gasteiger partial charge is 0.496 e. The second-order valence-corrected chi connectivity index (χ2v) is 6.11. The summed E-state index contributed by atoms with van der Waals surface area (Å²) in [5.41, 5.74) is 0.954. The van der Waals surface area contributed by atoms with Gasteiger partial charge in [0.25, 0.3) is 0 Å². The highest BCUT2D eigenvalue weighted by Gasteiger charge is 2.29. The molecule has 1 aliphatic rings. The van der Waals surface area contributed by atoms with Crippen LogP contribution in [0.1, 0.15) is 37.7 Å². The van der Waals surface area contributed by atoms with Gasteiger partial charge in [0.1, 0.15) is 12.3 Å². The maximum Gasteiger partial charge on any atom is 0.323 e. The molecule has 0 spiro atoms. The van der Waals surface area contributed by atoms with Gasteiger partial charge >= 0.3 is 5.97 Å². The van der Waals surface area contributed by atoms with Crippen LogP contribution in [-0.4, -0.2) is 54.8 Å². The average Bonchev–Trinajstić information content (AvgIpc) is 2.60. The van der Waals surface area contributed by atoms with E-state index in [-0.39, 0.29) is 30.8 Å². The van der Waals surface area contributed by atoms with Crippen LogP contribution in [0.15, 0.2) is 24.3 Å². The number of hydrogen-bond acceptors (Lipinski definition) is 4. The van der Waals surface area contributed by atoms with Gasteiger partial charge in [-0.05, 0) is 30.4 Å². The number of benzene rings is 1. The Morgan fingerprint density at radius 2 is 2.00 bits per heavy atom. The number of rotatable bonds is 7. The Morgan fingerprint density at radius 1 is 1.33 bits per heavy atom. The summed E-state index contributed by atoms with van der Waals surface area (Å²) in [6.07, 6.45) is 1.62. The molecule has 6 heteroatoms. The van der Waals surface area contributed by atoms with Gasteiger partial charge in [-0.2, -0.15) is 0 Å². The first-order valence-electron chi connectivity index (χ1n) is 8.24. The van der Waals surface area contributed by atoms with Gasteiger partial charge in [0, 0.05) is 25.7 Å². The van der Waals surface area contributed by atoms with Gasteiger partial charge in [0.15, 0.2) is 0 Å². The molecule has 1 N–H and O–H groups in total. The number of carboxylic acids is 1. The standard InChI is InChI=1S/C18H25NO5/c1-13(15-5-3-4-6-16(15)23-2)11-17(20)19(12-18(21)22)14-7-9-24-10-8-14/h3-6,13-14H,7-12H2,1-2H3,(H,21,22). The van der Waals surface area contributed by atoms with Crippen molar-refractivity contribution in [2.75, 3.05) is 26.9 Å². The number of nitrogens with zero attached hydrogens (tertiary/aromatic N) is 1. The van der Waals surface area contributed by atoms with Crippen molar-refractivity contribution < 1.29 is 24.2 Å². The molecule has 1 aromatic carbocycles. The normalized spacial score (nSPS) is 16.4. The first-order chi connectivity index (χ1) is 11.5. The molecule has 132 valence electrons. The molecule has 1 saturated heterocycles. The first kappa shape index (κ1) is 18.3. The summed E-state index contributed by atoms with van der Waals surface area (Å²) in [5.74, 6) is -0.430. The van der Waals surface area contributed by atoms with Crippen LogP contribution < -0.4 is 4.74 Å². The predicted octanol–water partition coefficient (Wildman–Crippen LogP) is 2.28. The Hall–Kier alpha value is -2.08. The smallest absolute Gasteiger partial charge is 0.323 e. The molecule has 1 unspecified atom stereocenters. The van der Waals surface area contributed by atoms with Gasteiger partial charge in [-0.15, -0.1) is 0 Å². The van der Waals surface area contributed by atoms with E-state index in [1.807, 2.05) is 31.2 Å². The highest BCUT2D eigenvalue weighted by atomic mass is 16.5. The van der Waals surface area contributed by atoms with Crippen molar-refractivity contribution >= 4 is 11.9 Å². The van der Waals surface area contributed by atoms with E-state index in [9.17, 15) is 9.59 Å². The van der Waals surface area contributed by atoms with Gasteiger partial charge in [-0.25, -0.2) is 0 Å². The number of methoxy groups -OCH3 is 1. The zero-order valence-electron chi connectivity index (χ0n) is 14.2. The number of hydrogen-bond donors (Lipinski definition) is 1. The molecule has 6 nitrogen and oxygen atoms in total. The summed E-state index contributed by atoms with van der Waals surface area (Å²) in [6.45, 7) is 2.83. The fraction of sp³-hybridized carbons (Fsp3) is 0.556. The molecular formula is C18H25NO5. The van der Waals surface area contributed by atoms with E-state index in [0.717, 1.165) is 11.3 Å². The number of carboxylic acid groups (broad SMARTS) is 1. The van der Waals surface area contributed by atoms with E-state index in [1.165, 1.54) is 4.90 Å². The van der Waals surface area contributed by atoms with Crippen LogP contribution in [0.2, 0.25) is 0 Å². The lowest BCUT2D eigenvalue weighted by molar-refractivity contribution is -0.147. The first-order valence-corrected chi connectivity index (χ1v) is 8.24. The van der Waals surface area contributed by atoms with Crippen LogP contribution in [0.5, 0.6) is 5.75 Å². The maximum atomic E-state index is 12.7. The van der Waals surface area contributed by atoms with Crippen molar-refractivity contribution in [1.82, 2.24) is 4.90 Å².